The van der Waals surface area contributed by atoms with Crippen LogP contribution in [-0.4, -0.2) is 59.0 Å². The van der Waals surface area contributed by atoms with E-state index in [1.54, 1.807) is 6.07 Å². The van der Waals surface area contributed by atoms with Crippen LogP contribution < -0.4 is 15.4 Å². The first-order chi connectivity index (χ1) is 18.4. The molecule has 0 radical (unpaired) electrons. The van der Waals surface area contributed by atoms with E-state index in [0.29, 0.717) is 18.3 Å². The fourth-order valence-corrected chi connectivity index (χ4v) is 6.86. The first-order valence-electron chi connectivity index (χ1n) is 14.0. The van der Waals surface area contributed by atoms with Crippen LogP contribution in [0.5, 0.6) is 5.75 Å². The molecule has 1 aromatic heterocycles. The number of pyridine rings is 1. The molecule has 2 bridgehead atoms. The van der Waals surface area contributed by atoms with Gasteiger partial charge >= 0.3 is 13.2 Å². The molecule has 7 atom stereocenters. The molecule has 1 aromatic carbocycles. The topological polar surface area (TPSA) is 119 Å². The maximum Gasteiger partial charge on any atom is 0.481 e. The van der Waals surface area contributed by atoms with Crippen molar-refractivity contribution in [3.8, 4) is 5.75 Å². The largest absolute Gasteiger partial charge is 0.481 e. The van der Waals surface area contributed by atoms with Crippen LogP contribution in [0.15, 0.2) is 36.5 Å². The van der Waals surface area contributed by atoms with Crippen LogP contribution in [0, 0.1) is 23.2 Å². The quantitative estimate of drug-likeness (QED) is 0.438. The Morgan fingerprint density at radius 3 is 2.62 bits per heavy atom. The van der Waals surface area contributed by atoms with Crippen molar-refractivity contribution in [2.75, 3.05) is 0 Å². The van der Waals surface area contributed by atoms with Crippen molar-refractivity contribution in [1.29, 1.82) is 0 Å². The van der Waals surface area contributed by atoms with Crippen LogP contribution in [0.1, 0.15) is 60.8 Å². The van der Waals surface area contributed by atoms with Gasteiger partial charge in [-0.05, 0) is 68.4 Å². The Balaban J connectivity index is 1.25. The maximum absolute atomic E-state index is 13.4. The van der Waals surface area contributed by atoms with E-state index in [1.807, 2.05) is 24.3 Å². The molecule has 39 heavy (non-hydrogen) atoms. The lowest BCUT2D eigenvalue weighted by Crippen LogP contribution is -2.65. The zero-order valence-electron chi connectivity index (χ0n) is 23.6. The van der Waals surface area contributed by atoms with Crippen molar-refractivity contribution in [3.63, 3.8) is 0 Å². The molecule has 2 amide bonds. The van der Waals surface area contributed by atoms with Gasteiger partial charge in [0.05, 0.1) is 35.5 Å². The van der Waals surface area contributed by atoms with Crippen LogP contribution in [0.4, 0.5) is 4.79 Å². The highest BCUT2D eigenvalue weighted by Gasteiger charge is 2.68. The number of benzene rings is 1. The van der Waals surface area contributed by atoms with Crippen molar-refractivity contribution in [1.82, 2.24) is 15.6 Å². The summed E-state index contributed by atoms with van der Waals surface area (Å²) in [6, 6.07) is 7.93. The second-order valence-corrected chi connectivity index (χ2v) is 12.7. The van der Waals surface area contributed by atoms with Gasteiger partial charge in [-0.25, -0.2) is 4.79 Å². The van der Waals surface area contributed by atoms with Crippen molar-refractivity contribution in [2.24, 2.45) is 23.2 Å². The monoisotopic (exact) mass is 537 g/mol. The molecule has 2 heterocycles. The summed E-state index contributed by atoms with van der Waals surface area (Å²) in [5.74, 6) is 0.545. The Hall–Kier alpha value is -2.69. The highest BCUT2D eigenvalue weighted by atomic mass is 16.7. The molecular weight excluding hydrogens is 497 g/mol. The molecule has 1 saturated heterocycles. The number of hydrogen-bond acceptors (Lipinski definition) is 7. The number of fused-ring (bicyclic) bond motifs is 1. The number of hydrogen-bond donors (Lipinski definition) is 3. The van der Waals surface area contributed by atoms with E-state index < -0.39 is 42.8 Å². The lowest BCUT2D eigenvalue weighted by atomic mass is 9.43. The number of carbonyl (C=O) groups is 2. The Morgan fingerprint density at radius 1 is 1.18 bits per heavy atom. The minimum absolute atomic E-state index is 0.0120. The Bertz CT molecular complexity index is 1240. The van der Waals surface area contributed by atoms with Gasteiger partial charge in [-0.2, -0.15) is 0 Å². The lowest BCUT2D eigenvalue weighted by Gasteiger charge is -2.64. The average Bonchev–Trinajstić information content (AvgIpc) is 3.23. The predicted octanol–water partition coefficient (Wildman–Crippen LogP) is 3.87. The minimum Gasteiger partial charge on any atom is -0.409 e. The van der Waals surface area contributed by atoms with Gasteiger partial charge < -0.3 is 29.8 Å². The molecule has 0 spiro atoms. The highest BCUT2D eigenvalue weighted by molar-refractivity contribution is 6.48. The Kier molecular flexibility index (Phi) is 7.41. The second-order valence-electron chi connectivity index (χ2n) is 12.7. The normalized spacial score (nSPS) is 29.2. The zero-order valence-corrected chi connectivity index (χ0v) is 23.6. The van der Waals surface area contributed by atoms with E-state index in [-0.39, 0.29) is 23.2 Å². The van der Waals surface area contributed by atoms with Crippen LogP contribution in [0.2, 0.25) is 0 Å². The standard InChI is InChI=1S/C29H40BN3O6/c1-16(2)11-24(30-38-23-14-19-13-22(28(19,4)5)29(23,6)39-30)32-26(35)25(17(3)34)33-27(36)37-20-12-18-9-7-8-10-21(18)31-15-20/h7-10,12,15-17,19,22-25,34H,11,13-14H2,1-6H3,(H,32,35)(H,33,36)/t17-,19+,22+,23-,24+,25+,29+/m1/s1. The lowest BCUT2D eigenvalue weighted by molar-refractivity contribution is -0.199. The van der Waals surface area contributed by atoms with E-state index in [9.17, 15) is 14.7 Å². The van der Waals surface area contributed by atoms with Gasteiger partial charge in [-0.15, -0.1) is 0 Å². The fourth-order valence-electron chi connectivity index (χ4n) is 6.86. The van der Waals surface area contributed by atoms with Gasteiger partial charge in [0, 0.05) is 5.39 Å². The van der Waals surface area contributed by atoms with Crippen molar-refractivity contribution >= 4 is 30.0 Å². The van der Waals surface area contributed by atoms with Gasteiger partial charge in [-0.1, -0.05) is 45.9 Å². The van der Waals surface area contributed by atoms with E-state index >= 15 is 0 Å². The summed E-state index contributed by atoms with van der Waals surface area (Å²) in [7, 11) is -0.605. The summed E-state index contributed by atoms with van der Waals surface area (Å²) in [6.45, 7) is 12.4. The van der Waals surface area contributed by atoms with Gasteiger partial charge in [0.1, 0.15) is 6.04 Å². The number of ether oxygens (including phenoxy) is 1. The maximum atomic E-state index is 13.4. The third-order valence-corrected chi connectivity index (χ3v) is 9.16. The zero-order chi connectivity index (χ0) is 28.1. The summed E-state index contributed by atoms with van der Waals surface area (Å²) in [5.41, 5.74) is 0.582. The highest BCUT2D eigenvalue weighted by Crippen LogP contribution is 2.65. The third kappa shape index (κ3) is 5.26. The molecular formula is C29H40BN3O6. The molecule has 3 saturated carbocycles. The number of aromatic nitrogens is 1. The van der Waals surface area contributed by atoms with Crippen LogP contribution in [0.25, 0.3) is 10.9 Å². The summed E-state index contributed by atoms with van der Waals surface area (Å²) in [4.78, 5) is 30.4. The van der Waals surface area contributed by atoms with Gasteiger partial charge in [0.2, 0.25) is 5.91 Å². The molecule has 10 heteroatoms. The summed E-state index contributed by atoms with van der Waals surface area (Å²) in [6.07, 6.45) is 2.12. The molecule has 2 aromatic rings. The van der Waals surface area contributed by atoms with E-state index in [2.05, 4.69) is 50.2 Å². The number of nitrogens with one attached hydrogen (secondary N) is 2. The second kappa shape index (κ2) is 10.4. The summed E-state index contributed by atoms with van der Waals surface area (Å²) >= 11 is 0. The third-order valence-electron chi connectivity index (χ3n) is 9.16. The molecule has 4 aliphatic rings. The van der Waals surface area contributed by atoms with Crippen LogP contribution in [0.3, 0.4) is 0 Å². The van der Waals surface area contributed by atoms with Crippen molar-refractivity contribution in [2.45, 2.75) is 90.6 Å². The number of amides is 2. The molecule has 0 unspecified atom stereocenters. The van der Waals surface area contributed by atoms with E-state index in [4.69, 9.17) is 14.0 Å². The van der Waals surface area contributed by atoms with Gasteiger partial charge in [0.15, 0.2) is 5.75 Å². The average molecular weight is 537 g/mol. The Labute approximate surface area is 230 Å². The smallest absolute Gasteiger partial charge is 0.409 e. The number of aliphatic hydroxyl groups excluding tert-OH is 1. The summed E-state index contributed by atoms with van der Waals surface area (Å²) in [5, 5.41) is 16.7. The number of nitrogens with zero attached hydrogens (tertiary/aromatic N) is 1. The minimum atomic E-state index is -1.23. The molecule has 9 nitrogen and oxygen atoms in total. The molecule has 3 N–H and O–H groups in total. The first-order valence-corrected chi connectivity index (χ1v) is 14.0. The molecule has 3 aliphatic carbocycles. The summed E-state index contributed by atoms with van der Waals surface area (Å²) < 4.78 is 18.4. The SMILES string of the molecule is CC(C)C[C@H](NC(=O)[C@@H](NC(=O)Oc1cnc2ccccc2c1)[C@@H](C)O)B1O[C@@H]2C[C@@H]3C[C@@H](C3(C)C)[C@]2(C)O1. The van der Waals surface area contributed by atoms with E-state index in [0.717, 1.165) is 23.7 Å². The van der Waals surface area contributed by atoms with Crippen LogP contribution in [-0.2, 0) is 14.1 Å². The number of carbonyl (C=O) groups excluding carboxylic acids is 2. The molecule has 6 rings (SSSR count). The molecule has 4 fully saturated rings. The van der Waals surface area contributed by atoms with Crippen LogP contribution >= 0.6 is 0 Å². The fraction of sp³-hybridized carbons (Fsp3) is 0.621. The molecule has 1 aliphatic heterocycles. The van der Waals surface area contributed by atoms with Gasteiger partial charge in [0.25, 0.3) is 0 Å². The predicted molar refractivity (Wildman–Crippen MR) is 148 cm³/mol. The number of aliphatic hydroxyl groups is 1. The van der Waals surface area contributed by atoms with Crippen molar-refractivity contribution in [3.05, 3.63) is 36.5 Å². The van der Waals surface area contributed by atoms with E-state index in [1.165, 1.54) is 13.1 Å². The Morgan fingerprint density at radius 2 is 1.92 bits per heavy atom. The number of para-hydroxylation sites is 1. The van der Waals surface area contributed by atoms with Gasteiger partial charge in [-0.3, -0.25) is 9.78 Å². The molecule has 210 valence electrons. The van der Waals surface area contributed by atoms with Crippen molar-refractivity contribution < 1.29 is 28.7 Å². The first kappa shape index (κ1) is 27.9. The number of rotatable bonds is 8.